The van der Waals surface area contributed by atoms with Crippen LogP contribution in [0.3, 0.4) is 0 Å². The van der Waals surface area contributed by atoms with Crippen LogP contribution in [0.1, 0.15) is 5.01 Å². The topological polar surface area (TPSA) is 55.2 Å². The van der Waals surface area contributed by atoms with Crippen molar-refractivity contribution in [1.29, 1.82) is 0 Å². The van der Waals surface area contributed by atoms with Crippen molar-refractivity contribution in [3.8, 4) is 22.1 Å². The second-order valence-corrected chi connectivity index (χ2v) is 6.94. The number of aromatic hydroxyl groups is 1. The van der Waals surface area contributed by atoms with Crippen LogP contribution >= 0.6 is 46.1 Å². The maximum Gasteiger partial charge on any atom is 0.155 e. The summed E-state index contributed by atoms with van der Waals surface area (Å²) in [6.07, 6.45) is 0. The number of benzene rings is 2. The van der Waals surface area contributed by atoms with E-state index in [4.69, 9.17) is 39.5 Å². The van der Waals surface area contributed by atoms with Gasteiger partial charge in [-0.1, -0.05) is 46.1 Å². The smallest absolute Gasteiger partial charge is 0.155 e. The van der Waals surface area contributed by atoms with Gasteiger partial charge in [-0.25, -0.2) is 4.39 Å². The van der Waals surface area contributed by atoms with E-state index in [1.807, 2.05) is 0 Å². The number of nitrogens with zero attached hydrogens (tertiary/aromatic N) is 2. The SMILES string of the molecule is Oc1c(Cl)cc(-c2nnc(COc3ccc(F)cc3Cl)s2)cc1Cl. The number of phenols is 1. The quantitative estimate of drug-likeness (QED) is 0.615. The molecule has 0 saturated carbocycles. The highest BCUT2D eigenvalue weighted by molar-refractivity contribution is 7.14. The summed E-state index contributed by atoms with van der Waals surface area (Å²) in [4.78, 5) is 0. The molecule has 0 aliphatic rings. The highest BCUT2D eigenvalue weighted by Gasteiger charge is 2.13. The normalized spacial score (nSPS) is 10.8. The van der Waals surface area contributed by atoms with Gasteiger partial charge in [0.15, 0.2) is 10.8 Å². The minimum atomic E-state index is -0.438. The van der Waals surface area contributed by atoms with Crippen LogP contribution in [-0.4, -0.2) is 15.3 Å². The zero-order valence-electron chi connectivity index (χ0n) is 11.8. The predicted octanol–water partition coefficient (Wildman–Crippen LogP) is 5.59. The minimum absolute atomic E-state index is 0.128. The average molecular weight is 406 g/mol. The Kier molecular flexibility index (Phi) is 5.10. The van der Waals surface area contributed by atoms with Crippen molar-refractivity contribution in [2.45, 2.75) is 6.61 Å². The Balaban J connectivity index is 1.76. The largest absolute Gasteiger partial charge is 0.505 e. The van der Waals surface area contributed by atoms with Crippen LogP contribution < -0.4 is 4.74 Å². The van der Waals surface area contributed by atoms with Gasteiger partial charge in [0, 0.05) is 5.56 Å². The highest BCUT2D eigenvalue weighted by Crippen LogP contribution is 2.37. The van der Waals surface area contributed by atoms with Crippen LogP contribution in [0.25, 0.3) is 10.6 Å². The number of ether oxygens (including phenoxy) is 1. The molecule has 0 atom stereocenters. The van der Waals surface area contributed by atoms with Crippen molar-refractivity contribution in [2.75, 3.05) is 0 Å². The van der Waals surface area contributed by atoms with E-state index in [0.717, 1.165) is 0 Å². The van der Waals surface area contributed by atoms with Crippen LogP contribution in [-0.2, 0) is 6.61 Å². The fraction of sp³-hybridized carbons (Fsp3) is 0.0667. The third-order valence-electron chi connectivity index (χ3n) is 2.98. The van der Waals surface area contributed by atoms with E-state index >= 15 is 0 Å². The maximum absolute atomic E-state index is 13.0. The molecule has 0 fully saturated rings. The lowest BCUT2D eigenvalue weighted by Crippen LogP contribution is -1.95. The Morgan fingerprint density at radius 1 is 1.04 bits per heavy atom. The number of hydrogen-bond acceptors (Lipinski definition) is 5. The summed E-state index contributed by atoms with van der Waals surface area (Å²) in [5.74, 6) is -0.265. The summed E-state index contributed by atoms with van der Waals surface area (Å²) in [7, 11) is 0. The van der Waals surface area contributed by atoms with Gasteiger partial charge in [0.1, 0.15) is 23.2 Å². The fourth-order valence-corrected chi connectivity index (χ4v) is 3.30. The first-order chi connectivity index (χ1) is 11.4. The molecule has 0 radical (unpaired) electrons. The molecule has 0 amide bonds. The summed E-state index contributed by atoms with van der Waals surface area (Å²) < 4.78 is 18.5. The summed E-state index contributed by atoms with van der Waals surface area (Å²) in [5.41, 5.74) is 0.631. The Morgan fingerprint density at radius 2 is 1.75 bits per heavy atom. The monoisotopic (exact) mass is 404 g/mol. The number of halogens is 4. The third-order valence-corrected chi connectivity index (χ3v) is 4.79. The van der Waals surface area contributed by atoms with Crippen LogP contribution in [0.4, 0.5) is 4.39 Å². The molecule has 1 heterocycles. The van der Waals surface area contributed by atoms with Gasteiger partial charge in [-0.15, -0.1) is 10.2 Å². The van der Waals surface area contributed by atoms with Crippen molar-refractivity contribution >= 4 is 46.1 Å². The van der Waals surface area contributed by atoms with Crippen LogP contribution in [0, 0.1) is 5.82 Å². The van der Waals surface area contributed by atoms with E-state index in [1.54, 1.807) is 12.1 Å². The zero-order chi connectivity index (χ0) is 17.3. The molecule has 3 aromatic rings. The lowest BCUT2D eigenvalue weighted by Gasteiger charge is -2.05. The first kappa shape index (κ1) is 17.2. The molecule has 124 valence electrons. The van der Waals surface area contributed by atoms with Gasteiger partial charge in [-0.3, -0.25) is 0 Å². The molecule has 4 nitrogen and oxygen atoms in total. The Hall–Kier alpha value is -1.60. The van der Waals surface area contributed by atoms with Crippen molar-refractivity contribution in [3.63, 3.8) is 0 Å². The van der Waals surface area contributed by atoms with Crippen LogP contribution in [0.15, 0.2) is 30.3 Å². The molecule has 2 aromatic carbocycles. The van der Waals surface area contributed by atoms with E-state index in [0.29, 0.717) is 21.3 Å². The van der Waals surface area contributed by atoms with Crippen molar-refractivity contribution in [3.05, 3.63) is 56.2 Å². The van der Waals surface area contributed by atoms with E-state index in [1.165, 1.54) is 29.5 Å². The van der Waals surface area contributed by atoms with Gasteiger partial charge < -0.3 is 9.84 Å². The zero-order valence-corrected chi connectivity index (χ0v) is 14.8. The van der Waals surface area contributed by atoms with Gasteiger partial charge in [0.2, 0.25) is 0 Å². The fourth-order valence-electron chi connectivity index (χ4n) is 1.85. The molecule has 3 rings (SSSR count). The van der Waals surface area contributed by atoms with Crippen LogP contribution in [0.5, 0.6) is 11.5 Å². The van der Waals surface area contributed by atoms with Crippen molar-refractivity contribution in [2.24, 2.45) is 0 Å². The Morgan fingerprint density at radius 3 is 2.42 bits per heavy atom. The van der Waals surface area contributed by atoms with Gasteiger partial charge in [-0.05, 0) is 30.3 Å². The molecule has 9 heteroatoms. The number of phenolic OH excluding ortho intramolecular Hbond substituents is 1. The summed E-state index contributed by atoms with van der Waals surface area (Å²) in [6.45, 7) is 0.128. The third kappa shape index (κ3) is 3.72. The molecule has 0 unspecified atom stereocenters. The van der Waals surface area contributed by atoms with Gasteiger partial charge in [-0.2, -0.15) is 0 Å². The van der Waals surface area contributed by atoms with Gasteiger partial charge in [0.25, 0.3) is 0 Å². The lowest BCUT2D eigenvalue weighted by atomic mass is 10.2. The Labute approximate surface area is 155 Å². The van der Waals surface area contributed by atoms with E-state index in [2.05, 4.69) is 10.2 Å². The standard InChI is InChI=1S/C15H8Cl3FN2O2S/c16-9-5-8(19)1-2-12(9)23-6-13-20-21-15(24-13)7-3-10(17)14(22)11(18)4-7/h1-5,22H,6H2. The molecular formula is C15H8Cl3FN2O2S. The number of rotatable bonds is 4. The average Bonchev–Trinajstić information content (AvgIpc) is 3.00. The first-order valence-electron chi connectivity index (χ1n) is 6.52. The minimum Gasteiger partial charge on any atom is -0.505 e. The van der Waals surface area contributed by atoms with Crippen molar-refractivity contribution in [1.82, 2.24) is 10.2 Å². The summed E-state index contributed by atoms with van der Waals surface area (Å²) in [5, 5.41) is 19.2. The molecule has 0 saturated heterocycles. The molecule has 1 N–H and O–H groups in total. The van der Waals surface area contributed by atoms with E-state index in [9.17, 15) is 9.50 Å². The number of aromatic nitrogens is 2. The maximum atomic E-state index is 13.0. The van der Waals surface area contributed by atoms with E-state index in [-0.39, 0.29) is 27.4 Å². The predicted molar refractivity (Wildman–Crippen MR) is 92.8 cm³/mol. The molecule has 1 aromatic heterocycles. The second-order valence-electron chi connectivity index (χ2n) is 4.65. The second kappa shape index (κ2) is 7.11. The van der Waals surface area contributed by atoms with E-state index < -0.39 is 5.82 Å². The lowest BCUT2D eigenvalue weighted by molar-refractivity contribution is 0.304. The summed E-state index contributed by atoms with van der Waals surface area (Å²) in [6, 6.07) is 6.96. The van der Waals surface area contributed by atoms with Gasteiger partial charge >= 0.3 is 0 Å². The Bertz CT molecular complexity index is 881. The van der Waals surface area contributed by atoms with Crippen molar-refractivity contribution < 1.29 is 14.2 Å². The number of hydrogen-bond donors (Lipinski definition) is 1. The molecule has 0 spiro atoms. The molecule has 0 bridgehead atoms. The van der Waals surface area contributed by atoms with Gasteiger partial charge in [0.05, 0.1) is 15.1 Å². The molecular weight excluding hydrogens is 398 g/mol. The summed E-state index contributed by atoms with van der Waals surface area (Å²) >= 11 is 19.0. The molecule has 0 aliphatic heterocycles. The molecule has 0 aliphatic carbocycles. The highest BCUT2D eigenvalue weighted by atomic mass is 35.5. The molecule has 24 heavy (non-hydrogen) atoms. The van der Waals surface area contributed by atoms with Crippen LogP contribution in [0.2, 0.25) is 15.1 Å². The first-order valence-corrected chi connectivity index (χ1v) is 8.47.